The topological polar surface area (TPSA) is 75.6 Å². The van der Waals surface area contributed by atoms with Gasteiger partial charge in [-0.15, -0.1) is 11.3 Å². The summed E-state index contributed by atoms with van der Waals surface area (Å²) in [6.07, 6.45) is 2.78. The largest absolute Gasteiger partial charge is 0.508 e. The average molecular weight is 359 g/mol. The van der Waals surface area contributed by atoms with Gasteiger partial charge in [0.25, 0.3) is 5.91 Å². The lowest BCUT2D eigenvalue weighted by atomic mass is 9.88. The Bertz CT molecular complexity index is 795. The summed E-state index contributed by atoms with van der Waals surface area (Å²) in [4.78, 5) is 26.1. The van der Waals surface area contributed by atoms with Crippen molar-refractivity contribution in [3.63, 3.8) is 0 Å². The third-order valence-electron chi connectivity index (χ3n) is 4.35. The lowest BCUT2D eigenvalue weighted by Gasteiger charge is -2.18. The highest BCUT2D eigenvalue weighted by Gasteiger charge is 2.29. The number of thiophene rings is 1. The van der Waals surface area contributed by atoms with E-state index in [4.69, 9.17) is 4.74 Å². The number of hydrogen-bond acceptors (Lipinski definition) is 5. The number of carbonyl (C=O) groups excluding carboxylic acids is 2. The fraction of sp³-hybridized carbons (Fsp3) is 0.368. The van der Waals surface area contributed by atoms with Crippen LogP contribution in [0.2, 0.25) is 0 Å². The summed E-state index contributed by atoms with van der Waals surface area (Å²) in [5.74, 6) is -0.0149. The van der Waals surface area contributed by atoms with Crippen molar-refractivity contribution in [2.75, 3.05) is 11.9 Å². The van der Waals surface area contributed by atoms with Gasteiger partial charge in [0, 0.05) is 10.4 Å². The molecule has 132 valence electrons. The fourth-order valence-electron chi connectivity index (χ4n) is 3.05. The van der Waals surface area contributed by atoms with E-state index in [-0.39, 0.29) is 17.6 Å². The number of anilines is 1. The Hall–Kier alpha value is -2.34. The first kappa shape index (κ1) is 17.5. The maximum Gasteiger partial charge on any atom is 0.341 e. The van der Waals surface area contributed by atoms with Crippen LogP contribution in [0.1, 0.15) is 51.4 Å². The van der Waals surface area contributed by atoms with Crippen molar-refractivity contribution in [3.05, 3.63) is 45.8 Å². The Morgan fingerprint density at radius 3 is 2.72 bits per heavy atom. The number of hydrogen-bond donors (Lipinski definition) is 2. The van der Waals surface area contributed by atoms with Crippen LogP contribution in [0.3, 0.4) is 0 Å². The lowest BCUT2D eigenvalue weighted by molar-refractivity contribution is 0.0526. The summed E-state index contributed by atoms with van der Waals surface area (Å²) in [6.45, 7) is 4.26. The van der Waals surface area contributed by atoms with Gasteiger partial charge in [-0.3, -0.25) is 4.79 Å². The molecular weight excluding hydrogens is 338 g/mol. The molecule has 0 saturated heterocycles. The van der Waals surface area contributed by atoms with Crippen molar-refractivity contribution >= 4 is 28.2 Å². The van der Waals surface area contributed by atoms with Crippen LogP contribution in [0.25, 0.3) is 0 Å². The van der Waals surface area contributed by atoms with Crippen molar-refractivity contribution in [3.8, 4) is 5.75 Å². The molecule has 0 radical (unpaired) electrons. The van der Waals surface area contributed by atoms with Gasteiger partial charge in [-0.05, 0) is 61.9 Å². The highest BCUT2D eigenvalue weighted by molar-refractivity contribution is 7.17. The quantitative estimate of drug-likeness (QED) is 0.809. The number of rotatable bonds is 4. The summed E-state index contributed by atoms with van der Waals surface area (Å²) in [5, 5.41) is 12.8. The lowest BCUT2D eigenvalue weighted by Crippen LogP contribution is -2.16. The molecule has 6 heteroatoms. The van der Waals surface area contributed by atoms with Gasteiger partial charge in [0.05, 0.1) is 12.2 Å². The number of nitrogens with one attached hydrogen (secondary N) is 1. The Labute approximate surface area is 150 Å². The minimum absolute atomic E-state index is 0.101. The number of amides is 1. The molecule has 2 aromatic rings. The van der Waals surface area contributed by atoms with Crippen LogP contribution in [0.4, 0.5) is 5.00 Å². The van der Waals surface area contributed by atoms with Gasteiger partial charge in [-0.1, -0.05) is 6.92 Å². The first-order valence-electron chi connectivity index (χ1n) is 8.41. The zero-order valence-electron chi connectivity index (χ0n) is 14.3. The molecule has 1 aromatic heterocycles. The van der Waals surface area contributed by atoms with Crippen LogP contribution in [0.15, 0.2) is 24.3 Å². The first-order chi connectivity index (χ1) is 12.0. The minimum atomic E-state index is -0.379. The molecule has 1 atom stereocenters. The number of aromatic hydroxyl groups is 1. The molecular formula is C19H21NO4S. The predicted molar refractivity (Wildman–Crippen MR) is 97.5 cm³/mol. The molecule has 0 fully saturated rings. The zero-order chi connectivity index (χ0) is 18.0. The number of ether oxygens (including phenoxy) is 1. The maximum absolute atomic E-state index is 12.5. The maximum atomic E-state index is 12.5. The van der Waals surface area contributed by atoms with E-state index in [1.165, 1.54) is 23.5 Å². The Morgan fingerprint density at radius 2 is 2.04 bits per heavy atom. The summed E-state index contributed by atoms with van der Waals surface area (Å²) in [6, 6.07) is 6.01. The number of carbonyl (C=O) groups is 2. The SMILES string of the molecule is CCOC(=O)c1c(NC(=O)c2ccc(O)cc2)sc2c1CC[C@@H](C)C2. The van der Waals surface area contributed by atoms with Crippen LogP contribution in [-0.4, -0.2) is 23.6 Å². The van der Waals surface area contributed by atoms with Gasteiger partial charge in [0.2, 0.25) is 0 Å². The monoisotopic (exact) mass is 359 g/mol. The molecule has 3 rings (SSSR count). The van der Waals surface area contributed by atoms with E-state index in [2.05, 4.69) is 12.2 Å². The molecule has 1 amide bonds. The third-order valence-corrected chi connectivity index (χ3v) is 5.52. The molecule has 0 aliphatic heterocycles. The molecule has 2 N–H and O–H groups in total. The number of esters is 1. The molecule has 1 heterocycles. The zero-order valence-corrected chi connectivity index (χ0v) is 15.1. The van der Waals surface area contributed by atoms with Crippen LogP contribution >= 0.6 is 11.3 Å². The van der Waals surface area contributed by atoms with Crippen molar-refractivity contribution in [2.24, 2.45) is 5.92 Å². The molecule has 0 saturated carbocycles. The van der Waals surface area contributed by atoms with Crippen molar-refractivity contribution in [1.82, 2.24) is 0 Å². The van der Waals surface area contributed by atoms with Crippen LogP contribution in [-0.2, 0) is 17.6 Å². The second-order valence-electron chi connectivity index (χ2n) is 6.28. The average Bonchev–Trinajstić information content (AvgIpc) is 2.92. The molecule has 0 bridgehead atoms. The van der Waals surface area contributed by atoms with Crippen LogP contribution < -0.4 is 5.32 Å². The van der Waals surface area contributed by atoms with Crippen LogP contribution in [0, 0.1) is 5.92 Å². The standard InChI is InChI=1S/C19H21NO4S/c1-3-24-19(23)16-14-9-4-11(2)10-15(14)25-18(16)20-17(22)12-5-7-13(21)8-6-12/h5-8,11,21H,3-4,9-10H2,1-2H3,(H,20,22)/t11-/m1/s1. The summed E-state index contributed by atoms with van der Waals surface area (Å²) in [5.41, 5.74) is 1.94. The van der Waals surface area contributed by atoms with E-state index >= 15 is 0 Å². The summed E-state index contributed by atoms with van der Waals surface area (Å²) < 4.78 is 5.21. The Kier molecular flexibility index (Phi) is 5.08. The Balaban J connectivity index is 1.93. The van der Waals surface area contributed by atoms with E-state index in [0.717, 1.165) is 29.7 Å². The number of phenolic OH excluding ortho intramolecular Hbond substituents is 1. The molecule has 0 unspecified atom stereocenters. The van der Waals surface area contributed by atoms with Crippen molar-refractivity contribution < 1.29 is 19.4 Å². The number of benzene rings is 1. The fourth-order valence-corrected chi connectivity index (χ4v) is 4.44. The molecule has 1 aliphatic rings. The van der Waals surface area contributed by atoms with Crippen molar-refractivity contribution in [1.29, 1.82) is 0 Å². The molecule has 5 nitrogen and oxygen atoms in total. The predicted octanol–water partition coefficient (Wildman–Crippen LogP) is 4.01. The van der Waals surface area contributed by atoms with E-state index in [0.29, 0.717) is 28.7 Å². The number of phenols is 1. The van der Waals surface area contributed by atoms with Crippen LogP contribution in [0.5, 0.6) is 5.75 Å². The second-order valence-corrected chi connectivity index (χ2v) is 7.38. The highest BCUT2D eigenvalue weighted by Crippen LogP contribution is 2.40. The molecule has 1 aromatic carbocycles. The van der Waals surface area contributed by atoms with Gasteiger partial charge >= 0.3 is 5.97 Å². The van der Waals surface area contributed by atoms with E-state index in [9.17, 15) is 14.7 Å². The van der Waals surface area contributed by atoms with Gasteiger partial charge in [-0.2, -0.15) is 0 Å². The van der Waals surface area contributed by atoms with E-state index < -0.39 is 0 Å². The molecule has 1 aliphatic carbocycles. The first-order valence-corrected chi connectivity index (χ1v) is 9.23. The van der Waals surface area contributed by atoms with E-state index in [1.54, 1.807) is 19.1 Å². The second kappa shape index (κ2) is 7.27. The third kappa shape index (κ3) is 3.69. The van der Waals surface area contributed by atoms with Gasteiger partial charge in [0.15, 0.2) is 0 Å². The molecule has 0 spiro atoms. The number of fused-ring (bicyclic) bond motifs is 1. The Morgan fingerprint density at radius 1 is 1.32 bits per heavy atom. The summed E-state index contributed by atoms with van der Waals surface area (Å²) in [7, 11) is 0. The highest BCUT2D eigenvalue weighted by atomic mass is 32.1. The van der Waals surface area contributed by atoms with Crippen molar-refractivity contribution in [2.45, 2.75) is 33.1 Å². The van der Waals surface area contributed by atoms with E-state index in [1.807, 2.05) is 0 Å². The van der Waals surface area contributed by atoms with Gasteiger partial charge in [0.1, 0.15) is 10.8 Å². The normalized spacial score (nSPS) is 16.2. The minimum Gasteiger partial charge on any atom is -0.508 e. The smallest absolute Gasteiger partial charge is 0.341 e. The molecule has 25 heavy (non-hydrogen) atoms. The summed E-state index contributed by atoms with van der Waals surface area (Å²) >= 11 is 1.46. The van der Waals surface area contributed by atoms with Gasteiger partial charge in [-0.25, -0.2) is 4.79 Å². The van der Waals surface area contributed by atoms with Gasteiger partial charge < -0.3 is 15.2 Å².